The van der Waals surface area contributed by atoms with Crippen molar-refractivity contribution < 1.29 is 9.53 Å². The predicted octanol–water partition coefficient (Wildman–Crippen LogP) is 4.47. The lowest BCUT2D eigenvalue weighted by molar-refractivity contribution is -0.122. The number of anilines is 4. The number of nitrogens with two attached hydrogens (primary N) is 1. The van der Waals surface area contributed by atoms with Gasteiger partial charge < -0.3 is 21.1 Å². The van der Waals surface area contributed by atoms with E-state index in [2.05, 4.69) is 25.8 Å². The van der Waals surface area contributed by atoms with Crippen LogP contribution < -0.4 is 16.4 Å². The summed E-state index contributed by atoms with van der Waals surface area (Å²) in [6, 6.07) is 10.9. The molecule has 0 atom stereocenters. The molecule has 1 aliphatic rings. The second kappa shape index (κ2) is 8.91. The lowest BCUT2D eigenvalue weighted by Gasteiger charge is -2.21. The highest BCUT2D eigenvalue weighted by molar-refractivity contribution is 6.39. The van der Waals surface area contributed by atoms with Crippen LogP contribution in [0.25, 0.3) is 11.1 Å². The Balaban J connectivity index is 1.48. The van der Waals surface area contributed by atoms with Gasteiger partial charge >= 0.3 is 0 Å². The van der Waals surface area contributed by atoms with Crippen molar-refractivity contribution in [3.8, 4) is 11.1 Å². The van der Waals surface area contributed by atoms with Gasteiger partial charge in [-0.25, -0.2) is 5.10 Å². The van der Waals surface area contributed by atoms with E-state index < -0.39 is 0 Å². The number of hydrogen-bond acceptors (Lipinski definition) is 6. The molecular formula is C20H20Cl2N6O2. The number of aromatic nitrogens is 3. The number of amides is 1. The number of H-pyrrole nitrogens is 1. The van der Waals surface area contributed by atoms with Crippen molar-refractivity contribution in [2.45, 2.75) is 12.8 Å². The first-order valence-corrected chi connectivity index (χ1v) is 10.2. The van der Waals surface area contributed by atoms with Crippen molar-refractivity contribution >= 4 is 52.4 Å². The number of aromatic amines is 1. The quantitative estimate of drug-likeness (QED) is 0.459. The average molecular weight is 447 g/mol. The molecule has 0 bridgehead atoms. The van der Waals surface area contributed by atoms with Gasteiger partial charge in [-0.05, 0) is 42.7 Å². The molecule has 2 aromatic carbocycles. The summed E-state index contributed by atoms with van der Waals surface area (Å²) in [5.74, 6) is 0.527. The topological polar surface area (TPSA) is 118 Å². The van der Waals surface area contributed by atoms with E-state index in [1.165, 1.54) is 0 Å². The van der Waals surface area contributed by atoms with Crippen molar-refractivity contribution in [2.24, 2.45) is 5.92 Å². The van der Waals surface area contributed by atoms with E-state index in [9.17, 15) is 4.79 Å². The van der Waals surface area contributed by atoms with Gasteiger partial charge in [0, 0.05) is 36.1 Å². The fraction of sp³-hybridized carbons (Fsp3) is 0.250. The Morgan fingerprint density at radius 1 is 1.10 bits per heavy atom. The predicted molar refractivity (Wildman–Crippen MR) is 118 cm³/mol. The molecule has 0 saturated carbocycles. The minimum atomic E-state index is -0.0123. The number of nitrogen functional groups attached to an aromatic ring is 1. The molecule has 30 heavy (non-hydrogen) atoms. The number of benzene rings is 2. The molecule has 2 heterocycles. The highest BCUT2D eigenvalue weighted by Crippen LogP contribution is 2.38. The number of halogens is 2. The van der Waals surface area contributed by atoms with Crippen molar-refractivity contribution in [2.75, 3.05) is 29.6 Å². The second-order valence-corrected chi connectivity index (χ2v) is 7.75. The van der Waals surface area contributed by atoms with Crippen molar-refractivity contribution in [3.63, 3.8) is 0 Å². The van der Waals surface area contributed by atoms with E-state index in [4.69, 9.17) is 33.7 Å². The van der Waals surface area contributed by atoms with Gasteiger partial charge in [0.2, 0.25) is 17.8 Å². The highest BCUT2D eigenvalue weighted by atomic mass is 35.5. The van der Waals surface area contributed by atoms with Crippen LogP contribution in [0.15, 0.2) is 36.4 Å². The first kappa shape index (κ1) is 20.5. The molecule has 5 N–H and O–H groups in total. The van der Waals surface area contributed by atoms with Crippen LogP contribution in [0.3, 0.4) is 0 Å². The number of nitrogens with one attached hydrogen (secondary N) is 3. The smallest absolute Gasteiger partial charge is 0.248 e. The summed E-state index contributed by atoms with van der Waals surface area (Å²) < 4.78 is 5.31. The van der Waals surface area contributed by atoms with Gasteiger partial charge in [-0.15, -0.1) is 5.10 Å². The monoisotopic (exact) mass is 446 g/mol. The van der Waals surface area contributed by atoms with Crippen molar-refractivity contribution in [3.05, 3.63) is 46.4 Å². The number of ether oxygens (including phenoxy) is 1. The van der Waals surface area contributed by atoms with Crippen LogP contribution in [0, 0.1) is 5.92 Å². The minimum Gasteiger partial charge on any atom is -0.381 e. The molecule has 0 spiro atoms. The largest absolute Gasteiger partial charge is 0.381 e. The third-order valence-corrected chi connectivity index (χ3v) is 5.43. The molecule has 0 unspecified atom stereocenters. The van der Waals surface area contributed by atoms with E-state index in [0.29, 0.717) is 40.5 Å². The summed E-state index contributed by atoms with van der Waals surface area (Å²) in [5, 5.41) is 13.3. The Hall–Kier alpha value is -2.81. The Morgan fingerprint density at radius 2 is 1.77 bits per heavy atom. The van der Waals surface area contributed by atoms with E-state index in [1.54, 1.807) is 12.1 Å². The maximum absolute atomic E-state index is 12.4. The zero-order chi connectivity index (χ0) is 21.1. The van der Waals surface area contributed by atoms with Gasteiger partial charge in [-0.1, -0.05) is 35.3 Å². The van der Waals surface area contributed by atoms with Crippen LogP contribution in [0.2, 0.25) is 10.0 Å². The Morgan fingerprint density at radius 3 is 2.37 bits per heavy atom. The Labute approximate surface area is 183 Å². The van der Waals surface area contributed by atoms with Crippen LogP contribution in [-0.4, -0.2) is 34.3 Å². The number of nitrogens with zero attached hydrogens (tertiary/aromatic N) is 2. The first-order chi connectivity index (χ1) is 14.5. The van der Waals surface area contributed by atoms with Crippen LogP contribution in [0.4, 0.5) is 23.3 Å². The van der Waals surface area contributed by atoms with E-state index in [1.807, 2.05) is 24.3 Å². The molecular weight excluding hydrogens is 427 g/mol. The number of hydrogen-bond donors (Lipinski definition) is 4. The molecule has 3 aromatic rings. The van der Waals surface area contributed by atoms with Gasteiger partial charge in [0.15, 0.2) is 0 Å². The fourth-order valence-electron chi connectivity index (χ4n) is 3.30. The molecule has 1 saturated heterocycles. The standard InChI is InChI=1S/C20H20Cl2N6O2/c21-15-9-14(25-20-26-19(23)27-28-20)10-16(22)17(15)11-1-3-13(4-2-11)24-18(29)12-5-7-30-8-6-12/h1-4,9-10,12H,5-8H2,(H,24,29)(H4,23,25,26,27,28). The summed E-state index contributed by atoms with van der Waals surface area (Å²) in [6.07, 6.45) is 1.49. The molecule has 1 aliphatic heterocycles. The normalized spacial score (nSPS) is 14.5. The van der Waals surface area contributed by atoms with Crippen LogP contribution in [-0.2, 0) is 9.53 Å². The van der Waals surface area contributed by atoms with Gasteiger partial charge in [-0.2, -0.15) is 4.98 Å². The van der Waals surface area contributed by atoms with Gasteiger partial charge in [0.25, 0.3) is 0 Å². The number of carbonyl (C=O) groups excluding carboxylic acids is 1. The summed E-state index contributed by atoms with van der Waals surface area (Å²) in [6.45, 7) is 1.25. The van der Waals surface area contributed by atoms with E-state index in [0.717, 1.165) is 24.1 Å². The van der Waals surface area contributed by atoms with Crippen molar-refractivity contribution in [1.82, 2.24) is 15.2 Å². The van der Waals surface area contributed by atoms with Gasteiger partial charge in [0.1, 0.15) is 0 Å². The minimum absolute atomic E-state index is 0.0123. The molecule has 156 valence electrons. The average Bonchev–Trinajstić information content (AvgIpc) is 3.14. The molecule has 1 amide bonds. The summed E-state index contributed by atoms with van der Waals surface area (Å²) in [5.41, 5.74) is 8.41. The molecule has 4 rings (SSSR count). The first-order valence-electron chi connectivity index (χ1n) is 9.42. The number of rotatable bonds is 5. The highest BCUT2D eigenvalue weighted by Gasteiger charge is 2.21. The molecule has 8 nitrogen and oxygen atoms in total. The zero-order valence-electron chi connectivity index (χ0n) is 15.9. The van der Waals surface area contributed by atoms with Crippen LogP contribution >= 0.6 is 23.2 Å². The molecule has 0 aliphatic carbocycles. The third kappa shape index (κ3) is 4.67. The van der Waals surface area contributed by atoms with Crippen molar-refractivity contribution in [1.29, 1.82) is 0 Å². The molecule has 1 aromatic heterocycles. The molecule has 1 fully saturated rings. The Kier molecular flexibility index (Phi) is 6.08. The maximum Gasteiger partial charge on any atom is 0.248 e. The van der Waals surface area contributed by atoms with Crippen LogP contribution in [0.5, 0.6) is 0 Å². The molecule has 0 radical (unpaired) electrons. The van der Waals surface area contributed by atoms with Gasteiger partial charge in [0.05, 0.1) is 10.0 Å². The fourth-order valence-corrected chi connectivity index (χ4v) is 4.01. The zero-order valence-corrected chi connectivity index (χ0v) is 17.4. The Bertz CT molecular complexity index is 1020. The van der Waals surface area contributed by atoms with E-state index >= 15 is 0 Å². The van der Waals surface area contributed by atoms with Crippen LogP contribution in [0.1, 0.15) is 12.8 Å². The summed E-state index contributed by atoms with van der Waals surface area (Å²) in [7, 11) is 0. The third-order valence-electron chi connectivity index (χ3n) is 4.83. The van der Waals surface area contributed by atoms with Gasteiger partial charge in [-0.3, -0.25) is 4.79 Å². The number of carbonyl (C=O) groups is 1. The maximum atomic E-state index is 12.4. The lowest BCUT2D eigenvalue weighted by Crippen LogP contribution is -2.28. The van der Waals surface area contributed by atoms with E-state index in [-0.39, 0.29) is 17.8 Å². The summed E-state index contributed by atoms with van der Waals surface area (Å²) >= 11 is 13.0. The second-order valence-electron chi connectivity index (χ2n) is 6.94. The lowest BCUT2D eigenvalue weighted by atomic mass is 9.99. The SMILES string of the molecule is Nc1nc(Nc2cc(Cl)c(-c3ccc(NC(=O)C4CCOCC4)cc3)c(Cl)c2)n[nH]1. The molecule has 10 heteroatoms. The summed E-state index contributed by atoms with van der Waals surface area (Å²) in [4.78, 5) is 16.4.